The Morgan fingerprint density at radius 1 is 1.42 bits per heavy atom. The number of halogens is 1. The maximum Gasteiger partial charge on any atom is 0.216 e. The van der Waals surface area contributed by atoms with Crippen LogP contribution >= 0.6 is 11.6 Å². The van der Waals surface area contributed by atoms with E-state index in [0.29, 0.717) is 43.6 Å². The monoisotopic (exact) mass is 375 g/mol. The summed E-state index contributed by atoms with van der Waals surface area (Å²) in [5.41, 5.74) is 0. The van der Waals surface area contributed by atoms with Crippen LogP contribution in [0.15, 0.2) is 12.3 Å². The molecular formula is C15H22ClN3O4S. The van der Waals surface area contributed by atoms with Gasteiger partial charge >= 0.3 is 0 Å². The maximum atomic E-state index is 12.5. The lowest BCUT2D eigenvalue weighted by Crippen LogP contribution is -2.59. The Hall–Kier alpha value is -1.09. The summed E-state index contributed by atoms with van der Waals surface area (Å²) in [6.07, 6.45) is 2.47. The van der Waals surface area contributed by atoms with Crippen molar-refractivity contribution in [2.45, 2.75) is 19.4 Å². The molecule has 1 aromatic rings. The summed E-state index contributed by atoms with van der Waals surface area (Å²) in [6.45, 7) is 4.68. The van der Waals surface area contributed by atoms with Gasteiger partial charge in [0.05, 0.1) is 23.4 Å². The van der Waals surface area contributed by atoms with Crippen LogP contribution in [0.1, 0.15) is 13.3 Å². The average molecular weight is 376 g/mol. The standard InChI is InChI=1S/C15H22ClN3O4S/c1-2-5-22-6-7-24(20,21)18-3-4-19-13(10-18)11-23-14-8-12(16)9-17-15(14)19/h8-9,13H,2-7,10-11H2,1H3. The smallest absolute Gasteiger partial charge is 0.216 e. The molecule has 0 saturated carbocycles. The molecule has 0 amide bonds. The van der Waals surface area contributed by atoms with Crippen LogP contribution in [-0.2, 0) is 14.8 Å². The zero-order valence-corrected chi connectivity index (χ0v) is 15.2. The fourth-order valence-corrected chi connectivity index (χ4v) is 4.46. The minimum Gasteiger partial charge on any atom is -0.487 e. The molecule has 1 atom stereocenters. The van der Waals surface area contributed by atoms with Crippen LogP contribution in [0.3, 0.4) is 0 Å². The molecule has 9 heteroatoms. The first-order chi connectivity index (χ1) is 11.5. The van der Waals surface area contributed by atoms with Crippen molar-refractivity contribution < 1.29 is 17.9 Å². The molecule has 0 spiro atoms. The highest BCUT2D eigenvalue weighted by molar-refractivity contribution is 7.89. The summed E-state index contributed by atoms with van der Waals surface area (Å²) in [5.74, 6) is 1.41. The van der Waals surface area contributed by atoms with Gasteiger partial charge in [-0.05, 0) is 6.42 Å². The third-order valence-corrected chi connectivity index (χ3v) is 6.18. The average Bonchev–Trinajstić information content (AvgIpc) is 2.58. The predicted molar refractivity (Wildman–Crippen MR) is 92.3 cm³/mol. The molecule has 134 valence electrons. The van der Waals surface area contributed by atoms with Crippen LogP contribution in [0.5, 0.6) is 5.75 Å². The van der Waals surface area contributed by atoms with Crippen LogP contribution < -0.4 is 9.64 Å². The quantitative estimate of drug-likeness (QED) is 0.699. The lowest BCUT2D eigenvalue weighted by Gasteiger charge is -2.44. The molecule has 1 aromatic heterocycles. The van der Waals surface area contributed by atoms with Gasteiger partial charge in [0, 0.05) is 38.5 Å². The highest BCUT2D eigenvalue weighted by Crippen LogP contribution is 2.35. The van der Waals surface area contributed by atoms with Crippen molar-refractivity contribution >= 4 is 27.4 Å². The Morgan fingerprint density at radius 3 is 3.04 bits per heavy atom. The van der Waals surface area contributed by atoms with Crippen molar-refractivity contribution in [2.24, 2.45) is 0 Å². The second kappa shape index (κ2) is 7.43. The van der Waals surface area contributed by atoms with Gasteiger partial charge in [-0.1, -0.05) is 18.5 Å². The SMILES string of the molecule is CCCOCCS(=O)(=O)N1CCN2c3ncc(Cl)cc3OCC2C1. The van der Waals surface area contributed by atoms with E-state index in [4.69, 9.17) is 21.1 Å². The molecule has 2 aliphatic heterocycles. The summed E-state index contributed by atoms with van der Waals surface area (Å²) in [6, 6.07) is 1.71. The molecule has 1 fully saturated rings. The molecule has 1 unspecified atom stereocenters. The van der Waals surface area contributed by atoms with Crippen LogP contribution in [0.2, 0.25) is 5.02 Å². The fraction of sp³-hybridized carbons (Fsp3) is 0.667. The van der Waals surface area contributed by atoms with Crippen molar-refractivity contribution in [3.63, 3.8) is 0 Å². The Bertz CT molecular complexity index is 685. The number of pyridine rings is 1. The second-order valence-electron chi connectivity index (χ2n) is 5.92. The molecule has 7 nitrogen and oxygen atoms in total. The zero-order chi connectivity index (χ0) is 17.2. The second-order valence-corrected chi connectivity index (χ2v) is 8.44. The molecule has 0 N–H and O–H groups in total. The lowest BCUT2D eigenvalue weighted by molar-refractivity contribution is 0.148. The minimum atomic E-state index is -3.31. The highest BCUT2D eigenvalue weighted by Gasteiger charge is 2.37. The number of hydrogen-bond acceptors (Lipinski definition) is 6. The van der Waals surface area contributed by atoms with E-state index >= 15 is 0 Å². The van der Waals surface area contributed by atoms with Gasteiger partial charge in [0.25, 0.3) is 0 Å². The highest BCUT2D eigenvalue weighted by atomic mass is 35.5. The number of sulfonamides is 1. The lowest BCUT2D eigenvalue weighted by atomic mass is 10.1. The third kappa shape index (κ3) is 3.77. The van der Waals surface area contributed by atoms with Crippen molar-refractivity contribution in [1.29, 1.82) is 0 Å². The fourth-order valence-electron chi connectivity index (χ4n) is 2.96. The minimum absolute atomic E-state index is 0.0189. The number of nitrogens with zero attached hydrogens (tertiary/aromatic N) is 3. The van der Waals surface area contributed by atoms with Crippen LogP contribution in [0.4, 0.5) is 5.82 Å². The van der Waals surface area contributed by atoms with Crippen molar-refractivity contribution in [3.05, 3.63) is 17.3 Å². The topological polar surface area (TPSA) is 72.0 Å². The molecule has 0 aromatic carbocycles. The Kier molecular flexibility index (Phi) is 5.49. The summed E-state index contributed by atoms with van der Waals surface area (Å²) in [4.78, 5) is 6.45. The molecule has 1 saturated heterocycles. The van der Waals surface area contributed by atoms with Gasteiger partial charge in [0.15, 0.2) is 11.6 Å². The number of fused-ring (bicyclic) bond motifs is 3. The van der Waals surface area contributed by atoms with Crippen LogP contribution in [-0.4, -0.2) is 69.0 Å². The molecule has 3 rings (SSSR count). The molecule has 0 radical (unpaired) electrons. The Morgan fingerprint density at radius 2 is 2.25 bits per heavy atom. The first kappa shape index (κ1) is 17.7. The predicted octanol–water partition coefficient (Wildman–Crippen LogP) is 1.37. The van der Waals surface area contributed by atoms with E-state index in [1.807, 2.05) is 6.92 Å². The number of anilines is 1. The summed E-state index contributed by atoms with van der Waals surface area (Å²) < 4.78 is 37.5. The van der Waals surface area contributed by atoms with Gasteiger partial charge in [-0.15, -0.1) is 0 Å². The maximum absolute atomic E-state index is 12.5. The summed E-state index contributed by atoms with van der Waals surface area (Å²) in [5, 5.41) is 0.528. The molecule has 24 heavy (non-hydrogen) atoms. The Labute approximate surface area is 147 Å². The van der Waals surface area contributed by atoms with E-state index in [9.17, 15) is 8.42 Å². The van der Waals surface area contributed by atoms with Gasteiger partial charge in [-0.2, -0.15) is 4.31 Å². The van der Waals surface area contributed by atoms with E-state index in [0.717, 1.165) is 12.2 Å². The van der Waals surface area contributed by atoms with E-state index in [2.05, 4.69) is 9.88 Å². The van der Waals surface area contributed by atoms with E-state index in [1.165, 1.54) is 4.31 Å². The summed E-state index contributed by atoms with van der Waals surface area (Å²) >= 11 is 5.95. The number of aromatic nitrogens is 1. The van der Waals surface area contributed by atoms with Crippen LogP contribution in [0.25, 0.3) is 0 Å². The molecular weight excluding hydrogens is 354 g/mol. The van der Waals surface area contributed by atoms with Crippen LogP contribution in [0, 0.1) is 0 Å². The van der Waals surface area contributed by atoms with E-state index in [1.54, 1.807) is 12.3 Å². The molecule has 0 bridgehead atoms. The largest absolute Gasteiger partial charge is 0.487 e. The van der Waals surface area contributed by atoms with Gasteiger partial charge in [-0.3, -0.25) is 0 Å². The molecule has 2 aliphatic rings. The zero-order valence-electron chi connectivity index (χ0n) is 13.6. The van der Waals surface area contributed by atoms with Gasteiger partial charge in [-0.25, -0.2) is 13.4 Å². The van der Waals surface area contributed by atoms with Crippen molar-refractivity contribution in [3.8, 4) is 5.75 Å². The molecule has 3 heterocycles. The van der Waals surface area contributed by atoms with Gasteiger partial charge in [0.1, 0.15) is 6.61 Å². The van der Waals surface area contributed by atoms with Crippen molar-refractivity contribution in [1.82, 2.24) is 9.29 Å². The van der Waals surface area contributed by atoms with Gasteiger partial charge in [0.2, 0.25) is 10.0 Å². The van der Waals surface area contributed by atoms with E-state index < -0.39 is 10.0 Å². The van der Waals surface area contributed by atoms with Gasteiger partial charge < -0.3 is 14.4 Å². The number of hydrogen-bond donors (Lipinski definition) is 0. The van der Waals surface area contributed by atoms with Crippen molar-refractivity contribution in [2.75, 3.05) is 50.1 Å². The first-order valence-corrected chi connectivity index (χ1v) is 10.1. The first-order valence-electron chi connectivity index (χ1n) is 8.12. The number of piperazine rings is 1. The van der Waals surface area contributed by atoms with E-state index in [-0.39, 0.29) is 18.4 Å². The molecule has 0 aliphatic carbocycles. The Balaban J connectivity index is 1.65. The normalized spacial score (nSPS) is 21.1. The summed E-state index contributed by atoms with van der Waals surface area (Å²) in [7, 11) is -3.31. The third-order valence-electron chi connectivity index (χ3n) is 4.18. The number of ether oxygens (including phenoxy) is 2. The number of rotatable bonds is 6.